The maximum atomic E-state index is 12.4. The van der Waals surface area contributed by atoms with Gasteiger partial charge in [-0.2, -0.15) is 0 Å². The summed E-state index contributed by atoms with van der Waals surface area (Å²) in [4.78, 5) is 12.4. The van der Waals surface area contributed by atoms with E-state index in [4.69, 9.17) is 0 Å². The van der Waals surface area contributed by atoms with Gasteiger partial charge in [0.25, 0.3) is 0 Å². The van der Waals surface area contributed by atoms with E-state index >= 15 is 0 Å². The van der Waals surface area contributed by atoms with Crippen molar-refractivity contribution >= 4 is 16.8 Å². The van der Waals surface area contributed by atoms with Crippen LogP contribution in [0, 0.1) is 17.8 Å². The fourth-order valence-corrected chi connectivity index (χ4v) is 5.21. The zero-order chi connectivity index (χ0) is 16.7. The van der Waals surface area contributed by atoms with Crippen LogP contribution in [0.4, 0.5) is 0 Å². The van der Waals surface area contributed by atoms with Gasteiger partial charge in [-0.15, -0.1) is 0 Å². The van der Waals surface area contributed by atoms with Crippen molar-refractivity contribution in [3.63, 3.8) is 0 Å². The fraction of sp³-hybridized carbons (Fsp3) is 0.571. The van der Waals surface area contributed by atoms with E-state index < -0.39 is 0 Å². The number of nitrogens with one attached hydrogen (secondary N) is 1. The fourth-order valence-electron chi connectivity index (χ4n) is 5.21. The summed E-state index contributed by atoms with van der Waals surface area (Å²) >= 11 is 0. The molecule has 24 heavy (non-hydrogen) atoms. The molecule has 0 aliphatic heterocycles. The first kappa shape index (κ1) is 15.7. The SMILES string of the molecule is C[C@@H](NC(=O)CCc1cn(C)c2ccccc12)[C@H]1C[C@H]2CC[C@H]1C2. The Kier molecular flexibility index (Phi) is 4.11. The zero-order valence-corrected chi connectivity index (χ0v) is 14.8. The van der Waals surface area contributed by atoms with Crippen LogP contribution in [0.15, 0.2) is 30.5 Å². The number of carbonyl (C=O) groups excluding carboxylic acids is 1. The minimum absolute atomic E-state index is 0.207. The lowest BCUT2D eigenvalue weighted by molar-refractivity contribution is -0.122. The van der Waals surface area contributed by atoms with E-state index in [0.29, 0.717) is 18.4 Å². The van der Waals surface area contributed by atoms with Crippen LogP contribution in [0.2, 0.25) is 0 Å². The molecule has 1 amide bonds. The van der Waals surface area contributed by atoms with Gasteiger partial charge in [-0.25, -0.2) is 0 Å². The Hall–Kier alpha value is -1.77. The molecule has 2 aromatic rings. The lowest BCUT2D eigenvalue weighted by Gasteiger charge is -2.28. The van der Waals surface area contributed by atoms with E-state index in [1.807, 2.05) is 0 Å². The van der Waals surface area contributed by atoms with Gasteiger partial charge in [-0.05, 0) is 62.0 Å². The number of nitrogens with zero attached hydrogens (tertiary/aromatic N) is 1. The normalized spacial score (nSPS) is 26.8. The van der Waals surface area contributed by atoms with Crippen molar-refractivity contribution < 1.29 is 4.79 Å². The minimum Gasteiger partial charge on any atom is -0.353 e. The molecule has 1 N–H and O–H groups in total. The molecular formula is C21H28N2O. The lowest BCUT2D eigenvalue weighted by atomic mass is 9.84. The van der Waals surface area contributed by atoms with E-state index in [1.54, 1.807) is 0 Å². The number of para-hydroxylation sites is 1. The second-order valence-electron chi connectivity index (χ2n) is 7.98. The second-order valence-corrected chi connectivity index (χ2v) is 7.98. The van der Waals surface area contributed by atoms with E-state index in [0.717, 1.165) is 18.3 Å². The maximum absolute atomic E-state index is 12.4. The van der Waals surface area contributed by atoms with Gasteiger partial charge in [0.15, 0.2) is 0 Å². The zero-order valence-electron chi connectivity index (χ0n) is 14.8. The molecule has 4 rings (SSSR count). The molecule has 3 heteroatoms. The third-order valence-corrected chi connectivity index (χ3v) is 6.42. The van der Waals surface area contributed by atoms with Crippen LogP contribution in [0.3, 0.4) is 0 Å². The molecule has 0 unspecified atom stereocenters. The first-order chi connectivity index (χ1) is 11.6. The van der Waals surface area contributed by atoms with Crippen molar-refractivity contribution in [2.75, 3.05) is 0 Å². The van der Waals surface area contributed by atoms with Crippen LogP contribution in [-0.4, -0.2) is 16.5 Å². The summed E-state index contributed by atoms with van der Waals surface area (Å²) < 4.78 is 2.15. The largest absolute Gasteiger partial charge is 0.353 e. The average molecular weight is 324 g/mol. The topological polar surface area (TPSA) is 34.0 Å². The molecule has 0 radical (unpaired) electrons. The summed E-state index contributed by atoms with van der Waals surface area (Å²) in [5, 5.41) is 4.56. The van der Waals surface area contributed by atoms with Crippen molar-refractivity contribution in [1.82, 2.24) is 9.88 Å². The number of rotatable bonds is 5. The van der Waals surface area contributed by atoms with Crippen LogP contribution >= 0.6 is 0 Å². The number of hydrogen-bond acceptors (Lipinski definition) is 1. The highest BCUT2D eigenvalue weighted by Gasteiger charge is 2.42. The van der Waals surface area contributed by atoms with E-state index in [9.17, 15) is 4.79 Å². The molecule has 3 nitrogen and oxygen atoms in total. The first-order valence-electron chi connectivity index (χ1n) is 9.44. The Morgan fingerprint density at radius 3 is 2.88 bits per heavy atom. The van der Waals surface area contributed by atoms with Gasteiger partial charge < -0.3 is 9.88 Å². The van der Waals surface area contributed by atoms with Gasteiger partial charge in [0, 0.05) is 36.6 Å². The first-order valence-corrected chi connectivity index (χ1v) is 9.44. The molecule has 128 valence electrons. The van der Waals surface area contributed by atoms with Crippen LogP contribution in [-0.2, 0) is 18.3 Å². The van der Waals surface area contributed by atoms with Gasteiger partial charge in [-0.3, -0.25) is 4.79 Å². The standard InChI is InChI=1S/C21H28N2O/c1-14(19-12-15-7-8-16(19)11-15)22-21(24)10-9-17-13-23(2)20-6-4-3-5-18(17)20/h3-6,13-16,19H,7-12H2,1-2H3,(H,22,24)/t14-,15+,16+,19-/m1/s1. The molecule has 0 spiro atoms. The number of carbonyl (C=O) groups is 1. The van der Waals surface area contributed by atoms with E-state index in [1.165, 1.54) is 42.1 Å². The Balaban J connectivity index is 1.34. The highest BCUT2D eigenvalue weighted by atomic mass is 16.1. The van der Waals surface area contributed by atoms with Crippen molar-refractivity contribution in [3.8, 4) is 0 Å². The minimum atomic E-state index is 0.207. The van der Waals surface area contributed by atoms with Crippen molar-refractivity contribution in [1.29, 1.82) is 0 Å². The third-order valence-electron chi connectivity index (χ3n) is 6.42. The van der Waals surface area contributed by atoms with Gasteiger partial charge in [0.2, 0.25) is 5.91 Å². The molecule has 0 saturated heterocycles. The van der Waals surface area contributed by atoms with Gasteiger partial charge in [0.1, 0.15) is 0 Å². The highest BCUT2D eigenvalue weighted by Crippen LogP contribution is 2.49. The second kappa shape index (κ2) is 6.27. The number of amides is 1. The van der Waals surface area contributed by atoms with Gasteiger partial charge >= 0.3 is 0 Å². The van der Waals surface area contributed by atoms with Crippen LogP contribution in [0.5, 0.6) is 0 Å². The van der Waals surface area contributed by atoms with E-state index in [2.05, 4.69) is 54.3 Å². The predicted molar refractivity (Wildman–Crippen MR) is 97.8 cm³/mol. The summed E-state index contributed by atoms with van der Waals surface area (Å²) in [7, 11) is 2.07. The molecule has 2 bridgehead atoms. The molecule has 2 fully saturated rings. The molecule has 1 heterocycles. The Labute approximate surface area is 144 Å². The third kappa shape index (κ3) is 2.85. The quantitative estimate of drug-likeness (QED) is 0.884. The maximum Gasteiger partial charge on any atom is 0.220 e. The van der Waals surface area contributed by atoms with Crippen molar-refractivity contribution in [3.05, 3.63) is 36.0 Å². The molecular weight excluding hydrogens is 296 g/mol. The summed E-state index contributed by atoms with van der Waals surface area (Å²) in [5.74, 6) is 2.72. The molecule has 2 saturated carbocycles. The smallest absolute Gasteiger partial charge is 0.220 e. The molecule has 2 aliphatic carbocycles. The Morgan fingerprint density at radius 1 is 1.29 bits per heavy atom. The summed E-state index contributed by atoms with van der Waals surface area (Å²) in [6, 6.07) is 8.76. The summed E-state index contributed by atoms with van der Waals surface area (Å²) in [6.45, 7) is 2.21. The number of aromatic nitrogens is 1. The lowest BCUT2D eigenvalue weighted by Crippen LogP contribution is -2.40. The predicted octanol–water partition coefficient (Wildman–Crippen LogP) is 4.05. The molecule has 2 aliphatic rings. The number of benzene rings is 1. The molecule has 1 aromatic carbocycles. The number of aryl methyl sites for hydroxylation is 2. The average Bonchev–Trinajstić information content (AvgIpc) is 3.28. The van der Waals surface area contributed by atoms with Crippen LogP contribution in [0.25, 0.3) is 10.9 Å². The van der Waals surface area contributed by atoms with Crippen molar-refractivity contribution in [2.24, 2.45) is 24.8 Å². The Bertz CT molecular complexity index is 747. The van der Waals surface area contributed by atoms with Crippen molar-refractivity contribution in [2.45, 2.75) is 51.5 Å². The van der Waals surface area contributed by atoms with E-state index in [-0.39, 0.29) is 5.91 Å². The number of hydrogen-bond donors (Lipinski definition) is 1. The number of fused-ring (bicyclic) bond motifs is 3. The van der Waals surface area contributed by atoms with Gasteiger partial charge in [-0.1, -0.05) is 24.6 Å². The summed E-state index contributed by atoms with van der Waals surface area (Å²) in [6.07, 6.45) is 9.10. The highest BCUT2D eigenvalue weighted by molar-refractivity contribution is 5.85. The van der Waals surface area contributed by atoms with Crippen LogP contribution < -0.4 is 5.32 Å². The van der Waals surface area contributed by atoms with Crippen LogP contribution in [0.1, 0.15) is 44.6 Å². The monoisotopic (exact) mass is 324 g/mol. The van der Waals surface area contributed by atoms with Gasteiger partial charge in [0.05, 0.1) is 0 Å². The molecule has 4 atom stereocenters. The summed E-state index contributed by atoms with van der Waals surface area (Å²) in [5.41, 5.74) is 2.51. The molecule has 1 aromatic heterocycles. The Morgan fingerprint density at radius 2 is 2.12 bits per heavy atom.